The van der Waals surface area contributed by atoms with Gasteiger partial charge < -0.3 is 10.6 Å². The van der Waals surface area contributed by atoms with Gasteiger partial charge in [0.15, 0.2) is 0 Å². The lowest BCUT2D eigenvalue weighted by molar-refractivity contribution is -0.138. The van der Waals surface area contributed by atoms with Crippen LogP contribution in [-0.4, -0.2) is 11.8 Å². The molecule has 2 amide bonds. The number of nitrogens with one attached hydrogen (secondary N) is 2. The summed E-state index contributed by atoms with van der Waals surface area (Å²) in [6.07, 6.45) is 0. The van der Waals surface area contributed by atoms with Crippen LogP contribution in [0.1, 0.15) is 19.4 Å². The van der Waals surface area contributed by atoms with E-state index in [0.717, 1.165) is 5.56 Å². The Labute approximate surface area is 161 Å². The van der Waals surface area contributed by atoms with Gasteiger partial charge in [0.25, 0.3) is 0 Å². The van der Waals surface area contributed by atoms with Crippen molar-refractivity contribution in [1.82, 2.24) is 5.32 Å². The van der Waals surface area contributed by atoms with Gasteiger partial charge >= 0.3 is 0 Å². The highest BCUT2D eigenvalue weighted by atomic mass is 35.5. The molecule has 0 aromatic heterocycles. The molecular weight excluding hydrogens is 383 g/mol. The number of anilines is 1. The zero-order chi connectivity index (χ0) is 18.6. The maximum Gasteiger partial charge on any atom is 0.239 e. The maximum atomic E-state index is 12.5. The number of carbonyl (C=O) groups excluding carboxylic acids is 2. The van der Waals surface area contributed by atoms with E-state index in [1.165, 1.54) is 0 Å². The number of hydrogen-bond acceptors (Lipinski definition) is 2. The summed E-state index contributed by atoms with van der Waals surface area (Å²) in [5.41, 5.74) is 0.0398. The van der Waals surface area contributed by atoms with Gasteiger partial charge in [0.05, 0.1) is 0 Å². The van der Waals surface area contributed by atoms with Crippen molar-refractivity contribution in [2.45, 2.75) is 20.4 Å². The molecule has 0 saturated heterocycles. The molecule has 0 saturated carbocycles. The van der Waals surface area contributed by atoms with Crippen molar-refractivity contribution >= 4 is 52.3 Å². The summed E-state index contributed by atoms with van der Waals surface area (Å²) in [5.74, 6) is -0.854. The molecular formula is C18H17Cl3N2O2. The average molecular weight is 400 g/mol. The Morgan fingerprint density at radius 2 is 1.44 bits per heavy atom. The van der Waals surface area contributed by atoms with Crippen LogP contribution in [0.25, 0.3) is 0 Å². The smallest absolute Gasteiger partial charge is 0.239 e. The van der Waals surface area contributed by atoms with Gasteiger partial charge in [0.2, 0.25) is 11.8 Å². The summed E-state index contributed by atoms with van der Waals surface area (Å²) >= 11 is 17.7. The molecule has 0 radical (unpaired) electrons. The van der Waals surface area contributed by atoms with Gasteiger partial charge in [-0.3, -0.25) is 9.59 Å². The molecule has 2 aromatic rings. The highest BCUT2D eigenvalue weighted by Gasteiger charge is 2.36. The molecule has 0 fully saturated rings. The van der Waals surface area contributed by atoms with Crippen LogP contribution in [0, 0.1) is 5.41 Å². The summed E-state index contributed by atoms with van der Waals surface area (Å²) < 4.78 is 0. The molecule has 0 heterocycles. The number of amides is 2. The molecule has 0 aliphatic carbocycles. The highest BCUT2D eigenvalue weighted by Crippen LogP contribution is 2.25. The molecule has 25 heavy (non-hydrogen) atoms. The first kappa shape index (κ1) is 19.6. The van der Waals surface area contributed by atoms with Crippen molar-refractivity contribution in [2.24, 2.45) is 5.41 Å². The zero-order valence-electron chi connectivity index (χ0n) is 13.7. The quantitative estimate of drug-likeness (QED) is 0.701. The van der Waals surface area contributed by atoms with E-state index < -0.39 is 17.2 Å². The van der Waals surface area contributed by atoms with Crippen LogP contribution in [0.3, 0.4) is 0 Å². The fourth-order valence-electron chi connectivity index (χ4n) is 2.02. The predicted octanol–water partition coefficient (Wildman–Crippen LogP) is 4.93. The Balaban J connectivity index is 2.01. The molecule has 7 heteroatoms. The second-order valence-electron chi connectivity index (χ2n) is 6.05. The van der Waals surface area contributed by atoms with Crippen molar-refractivity contribution in [2.75, 3.05) is 5.32 Å². The Morgan fingerprint density at radius 3 is 2.00 bits per heavy atom. The summed E-state index contributed by atoms with van der Waals surface area (Å²) in [7, 11) is 0. The van der Waals surface area contributed by atoms with Crippen molar-refractivity contribution in [3.8, 4) is 0 Å². The van der Waals surface area contributed by atoms with E-state index >= 15 is 0 Å². The van der Waals surface area contributed by atoms with Crippen LogP contribution < -0.4 is 10.6 Å². The Hall–Kier alpha value is -1.75. The summed E-state index contributed by atoms with van der Waals surface area (Å²) in [6, 6.07) is 11.8. The lowest BCUT2D eigenvalue weighted by Gasteiger charge is -2.23. The number of rotatable bonds is 5. The molecule has 0 spiro atoms. The second-order valence-corrected chi connectivity index (χ2v) is 7.36. The van der Waals surface area contributed by atoms with Crippen LogP contribution >= 0.6 is 34.8 Å². The maximum absolute atomic E-state index is 12.5. The molecule has 0 aliphatic heterocycles. The van der Waals surface area contributed by atoms with E-state index in [1.807, 2.05) is 12.1 Å². The minimum absolute atomic E-state index is 0.301. The van der Waals surface area contributed by atoms with Crippen LogP contribution in [-0.2, 0) is 16.1 Å². The minimum atomic E-state index is -1.28. The van der Waals surface area contributed by atoms with Gasteiger partial charge in [0, 0.05) is 27.3 Å². The molecule has 0 aliphatic rings. The van der Waals surface area contributed by atoms with E-state index in [-0.39, 0.29) is 0 Å². The topological polar surface area (TPSA) is 58.2 Å². The zero-order valence-corrected chi connectivity index (χ0v) is 16.0. The molecule has 0 bridgehead atoms. The monoisotopic (exact) mass is 398 g/mol. The molecule has 4 nitrogen and oxygen atoms in total. The van der Waals surface area contributed by atoms with Crippen molar-refractivity contribution in [1.29, 1.82) is 0 Å². The van der Waals surface area contributed by atoms with Crippen molar-refractivity contribution in [3.63, 3.8) is 0 Å². The first-order chi connectivity index (χ1) is 11.7. The Kier molecular flexibility index (Phi) is 6.33. The first-order valence-electron chi connectivity index (χ1n) is 7.49. The number of halogens is 3. The molecule has 2 rings (SSSR count). The fraction of sp³-hybridized carbons (Fsp3) is 0.222. The summed E-state index contributed by atoms with van der Waals surface area (Å²) in [6.45, 7) is 3.40. The highest BCUT2D eigenvalue weighted by molar-refractivity contribution is 6.35. The van der Waals surface area contributed by atoms with Gasteiger partial charge in [-0.15, -0.1) is 0 Å². The first-order valence-corrected chi connectivity index (χ1v) is 8.62. The van der Waals surface area contributed by atoms with Gasteiger partial charge in [0.1, 0.15) is 5.41 Å². The van der Waals surface area contributed by atoms with Crippen molar-refractivity contribution < 1.29 is 9.59 Å². The van der Waals surface area contributed by atoms with Crippen LogP contribution in [0.15, 0.2) is 42.5 Å². The second kappa shape index (κ2) is 8.09. The van der Waals surface area contributed by atoms with Gasteiger partial charge in [-0.1, -0.05) is 46.9 Å². The molecule has 0 unspecified atom stereocenters. The lowest BCUT2D eigenvalue weighted by Crippen LogP contribution is -2.44. The van der Waals surface area contributed by atoms with E-state index in [4.69, 9.17) is 34.8 Å². The molecule has 2 N–H and O–H groups in total. The summed E-state index contributed by atoms with van der Waals surface area (Å²) in [4.78, 5) is 24.9. The van der Waals surface area contributed by atoms with E-state index in [0.29, 0.717) is 27.3 Å². The third kappa shape index (κ3) is 5.36. The van der Waals surface area contributed by atoms with Crippen LogP contribution in [0.5, 0.6) is 0 Å². The number of hydrogen-bond donors (Lipinski definition) is 2. The summed E-state index contributed by atoms with van der Waals surface area (Å²) in [5, 5.41) is 6.83. The third-order valence-electron chi connectivity index (χ3n) is 3.62. The van der Waals surface area contributed by atoms with Gasteiger partial charge in [-0.05, 0) is 49.7 Å². The molecule has 0 atom stereocenters. The number of carbonyl (C=O) groups is 2. The lowest BCUT2D eigenvalue weighted by atomic mass is 9.90. The normalized spacial score (nSPS) is 11.1. The molecule has 2 aromatic carbocycles. The Morgan fingerprint density at radius 1 is 0.880 bits per heavy atom. The predicted molar refractivity (Wildman–Crippen MR) is 102 cm³/mol. The largest absolute Gasteiger partial charge is 0.351 e. The van der Waals surface area contributed by atoms with Crippen LogP contribution in [0.2, 0.25) is 15.1 Å². The molecule has 132 valence electrons. The van der Waals surface area contributed by atoms with Gasteiger partial charge in [-0.25, -0.2) is 0 Å². The average Bonchev–Trinajstić information content (AvgIpc) is 2.52. The van der Waals surface area contributed by atoms with Gasteiger partial charge in [-0.2, -0.15) is 0 Å². The third-order valence-corrected chi connectivity index (χ3v) is 4.31. The van der Waals surface area contributed by atoms with Crippen molar-refractivity contribution in [3.05, 3.63) is 63.1 Å². The minimum Gasteiger partial charge on any atom is -0.351 e. The fourth-order valence-corrected chi connectivity index (χ4v) is 2.67. The van der Waals surface area contributed by atoms with E-state index in [1.54, 1.807) is 44.2 Å². The van der Waals surface area contributed by atoms with Crippen LogP contribution in [0.4, 0.5) is 5.69 Å². The van der Waals surface area contributed by atoms with E-state index in [9.17, 15) is 9.59 Å². The SMILES string of the molecule is CC(C)(C(=O)NCc1ccc(Cl)cc1)C(=O)Nc1cc(Cl)cc(Cl)c1. The van der Waals surface area contributed by atoms with E-state index in [2.05, 4.69) is 10.6 Å². The standard InChI is InChI=1S/C18H17Cl3N2O2/c1-18(2,16(24)22-10-11-3-5-12(19)6-4-11)17(25)23-15-8-13(20)7-14(21)9-15/h3-9H,10H2,1-2H3,(H,22,24)(H,23,25). The number of benzene rings is 2. The Bertz CT molecular complexity index is 769.